The molecule has 0 atom stereocenters. The average molecular weight is 387 g/mol. The smallest absolute Gasteiger partial charge is 0.410 e. The number of fused-ring (bicyclic) bond motifs is 3. The molecule has 146 valence electrons. The maximum Gasteiger partial charge on any atom is 0.410 e. The van der Waals surface area contributed by atoms with Crippen LogP contribution < -0.4 is 0 Å². The Labute approximate surface area is 170 Å². The van der Waals surface area contributed by atoms with Gasteiger partial charge in [-0.05, 0) is 39.9 Å². The van der Waals surface area contributed by atoms with Crippen molar-refractivity contribution in [1.82, 2.24) is 4.90 Å². The molecular formula is C25H22FNO2. The summed E-state index contributed by atoms with van der Waals surface area (Å²) >= 11 is 0. The molecule has 0 N–H and O–H groups in total. The second-order valence-corrected chi connectivity index (χ2v) is 7.10. The minimum Gasteiger partial charge on any atom is -0.448 e. The van der Waals surface area contributed by atoms with Crippen molar-refractivity contribution >= 4 is 6.09 Å². The number of carbonyl (C=O) groups is 1. The van der Waals surface area contributed by atoms with Gasteiger partial charge in [-0.15, -0.1) is 6.58 Å². The van der Waals surface area contributed by atoms with Gasteiger partial charge in [0.25, 0.3) is 0 Å². The Morgan fingerprint density at radius 2 is 1.55 bits per heavy atom. The Morgan fingerprint density at radius 1 is 0.966 bits per heavy atom. The predicted octanol–water partition coefficient (Wildman–Crippen LogP) is 5.76. The summed E-state index contributed by atoms with van der Waals surface area (Å²) in [5.41, 5.74) is 5.57. The van der Waals surface area contributed by atoms with Crippen LogP contribution in [0.4, 0.5) is 9.18 Å². The highest BCUT2D eigenvalue weighted by molar-refractivity contribution is 5.79. The second-order valence-electron chi connectivity index (χ2n) is 7.10. The van der Waals surface area contributed by atoms with Gasteiger partial charge in [-0.2, -0.15) is 0 Å². The van der Waals surface area contributed by atoms with Crippen molar-refractivity contribution in [3.63, 3.8) is 0 Å². The fourth-order valence-corrected chi connectivity index (χ4v) is 3.85. The lowest BCUT2D eigenvalue weighted by molar-refractivity contribution is 0.101. The number of carbonyl (C=O) groups excluding carboxylic acids is 1. The summed E-state index contributed by atoms with van der Waals surface area (Å²) in [5, 5.41) is 0. The van der Waals surface area contributed by atoms with Crippen LogP contribution in [-0.2, 0) is 11.3 Å². The molecule has 0 spiro atoms. The molecule has 0 fully saturated rings. The zero-order chi connectivity index (χ0) is 20.2. The van der Waals surface area contributed by atoms with E-state index in [1.54, 1.807) is 23.1 Å². The maximum atomic E-state index is 13.1. The molecule has 4 rings (SSSR count). The number of hydrogen-bond donors (Lipinski definition) is 0. The van der Waals surface area contributed by atoms with Crippen LogP contribution in [0, 0.1) is 5.82 Å². The van der Waals surface area contributed by atoms with Crippen molar-refractivity contribution in [2.75, 3.05) is 13.2 Å². The lowest BCUT2D eigenvalue weighted by Gasteiger charge is -2.22. The molecule has 1 aliphatic carbocycles. The fourth-order valence-electron chi connectivity index (χ4n) is 3.85. The molecule has 1 amide bonds. The lowest BCUT2D eigenvalue weighted by Crippen LogP contribution is -2.32. The van der Waals surface area contributed by atoms with Crippen LogP contribution in [0.25, 0.3) is 11.1 Å². The number of halogens is 1. The number of nitrogens with zero attached hydrogens (tertiary/aromatic N) is 1. The molecule has 0 radical (unpaired) electrons. The zero-order valence-electron chi connectivity index (χ0n) is 16.1. The van der Waals surface area contributed by atoms with Crippen molar-refractivity contribution in [1.29, 1.82) is 0 Å². The van der Waals surface area contributed by atoms with Crippen LogP contribution in [0.2, 0.25) is 0 Å². The Hall–Kier alpha value is -3.40. The van der Waals surface area contributed by atoms with E-state index in [0.29, 0.717) is 13.1 Å². The van der Waals surface area contributed by atoms with Crippen LogP contribution in [-0.4, -0.2) is 24.1 Å². The lowest BCUT2D eigenvalue weighted by atomic mass is 9.98. The number of ether oxygens (including phenoxy) is 1. The summed E-state index contributed by atoms with van der Waals surface area (Å²) in [7, 11) is 0. The van der Waals surface area contributed by atoms with Gasteiger partial charge in [-0.25, -0.2) is 9.18 Å². The molecule has 0 saturated heterocycles. The topological polar surface area (TPSA) is 29.5 Å². The molecule has 3 aromatic rings. The fraction of sp³-hybridized carbons (Fsp3) is 0.160. The van der Waals surface area contributed by atoms with Gasteiger partial charge in [-0.3, -0.25) is 0 Å². The number of rotatable bonds is 6. The normalized spacial score (nSPS) is 12.2. The van der Waals surface area contributed by atoms with Crippen LogP contribution in [0.3, 0.4) is 0 Å². The first-order valence-electron chi connectivity index (χ1n) is 9.62. The van der Waals surface area contributed by atoms with Crippen molar-refractivity contribution in [2.24, 2.45) is 0 Å². The first-order valence-corrected chi connectivity index (χ1v) is 9.62. The molecule has 0 unspecified atom stereocenters. The van der Waals surface area contributed by atoms with Crippen LogP contribution in [0.5, 0.6) is 0 Å². The molecule has 3 nitrogen and oxygen atoms in total. The third kappa shape index (κ3) is 3.92. The quantitative estimate of drug-likeness (QED) is 0.503. The highest BCUT2D eigenvalue weighted by atomic mass is 19.1. The van der Waals surface area contributed by atoms with E-state index in [-0.39, 0.29) is 18.3 Å². The zero-order valence-corrected chi connectivity index (χ0v) is 16.1. The van der Waals surface area contributed by atoms with E-state index in [1.165, 1.54) is 34.4 Å². The summed E-state index contributed by atoms with van der Waals surface area (Å²) in [6, 6.07) is 22.6. The van der Waals surface area contributed by atoms with E-state index in [1.807, 2.05) is 24.3 Å². The summed E-state index contributed by atoms with van der Waals surface area (Å²) < 4.78 is 18.9. The minimum absolute atomic E-state index is 0.0164. The highest BCUT2D eigenvalue weighted by Gasteiger charge is 2.29. The van der Waals surface area contributed by atoms with Gasteiger partial charge in [0.05, 0.1) is 0 Å². The van der Waals surface area contributed by atoms with E-state index in [9.17, 15) is 9.18 Å². The van der Waals surface area contributed by atoms with Gasteiger partial charge in [0.15, 0.2) is 0 Å². The SMILES string of the molecule is C=CCN(Cc1ccc(F)cc1)C(=O)OCC1c2ccccc2-c2ccccc21. The largest absolute Gasteiger partial charge is 0.448 e. The third-order valence-corrected chi connectivity index (χ3v) is 5.23. The molecule has 29 heavy (non-hydrogen) atoms. The van der Waals surface area contributed by atoms with E-state index in [0.717, 1.165) is 5.56 Å². The van der Waals surface area contributed by atoms with Gasteiger partial charge < -0.3 is 9.64 Å². The average Bonchev–Trinajstić information content (AvgIpc) is 3.07. The van der Waals surface area contributed by atoms with Gasteiger partial charge in [0.2, 0.25) is 0 Å². The standard InChI is InChI=1S/C25H22FNO2/c1-2-15-27(16-18-11-13-19(26)14-12-18)25(28)29-17-24-22-9-5-3-7-20(22)21-8-4-6-10-23(21)24/h2-14,24H,1,15-17H2. The summed E-state index contributed by atoms with van der Waals surface area (Å²) in [4.78, 5) is 14.3. The second kappa shape index (κ2) is 8.31. The molecule has 0 aliphatic heterocycles. The van der Waals surface area contributed by atoms with Crippen molar-refractivity contribution in [3.05, 3.63) is 108 Å². The van der Waals surface area contributed by atoms with Crippen LogP contribution >= 0.6 is 0 Å². The Morgan fingerprint density at radius 3 is 2.14 bits per heavy atom. The van der Waals surface area contributed by atoms with E-state index >= 15 is 0 Å². The predicted molar refractivity (Wildman–Crippen MR) is 112 cm³/mol. The number of amides is 1. The van der Waals surface area contributed by atoms with Crippen molar-refractivity contribution in [2.45, 2.75) is 12.5 Å². The first kappa shape index (κ1) is 18.9. The highest BCUT2D eigenvalue weighted by Crippen LogP contribution is 2.44. The monoisotopic (exact) mass is 387 g/mol. The van der Waals surface area contributed by atoms with Gasteiger partial charge in [0, 0.05) is 19.0 Å². The number of benzene rings is 3. The molecule has 4 heteroatoms. The third-order valence-electron chi connectivity index (χ3n) is 5.23. The number of hydrogen-bond acceptors (Lipinski definition) is 2. The molecule has 1 aliphatic rings. The Bertz CT molecular complexity index is 984. The van der Waals surface area contributed by atoms with Gasteiger partial charge in [-0.1, -0.05) is 66.7 Å². The van der Waals surface area contributed by atoms with Crippen molar-refractivity contribution in [3.8, 4) is 11.1 Å². The van der Waals surface area contributed by atoms with Crippen molar-refractivity contribution < 1.29 is 13.9 Å². The van der Waals surface area contributed by atoms with Gasteiger partial charge in [0.1, 0.15) is 12.4 Å². The molecular weight excluding hydrogens is 365 g/mol. The Balaban J connectivity index is 1.49. The van der Waals surface area contributed by atoms with E-state index < -0.39 is 6.09 Å². The Kier molecular flexibility index (Phi) is 5.43. The molecule has 0 bridgehead atoms. The molecule has 0 heterocycles. The summed E-state index contributed by atoms with van der Waals surface area (Å²) in [6.45, 7) is 4.69. The first-order chi connectivity index (χ1) is 14.2. The van der Waals surface area contributed by atoms with Crippen LogP contribution in [0.15, 0.2) is 85.5 Å². The summed E-state index contributed by atoms with van der Waals surface area (Å²) in [5.74, 6) is -0.284. The summed E-state index contributed by atoms with van der Waals surface area (Å²) in [6.07, 6.45) is 1.25. The molecule has 0 saturated carbocycles. The van der Waals surface area contributed by atoms with Gasteiger partial charge >= 0.3 is 6.09 Å². The molecule has 3 aromatic carbocycles. The maximum absolute atomic E-state index is 13.1. The van der Waals surface area contributed by atoms with E-state index in [2.05, 4.69) is 30.8 Å². The minimum atomic E-state index is -0.406. The van der Waals surface area contributed by atoms with E-state index in [4.69, 9.17) is 4.74 Å². The molecule has 0 aromatic heterocycles. The van der Waals surface area contributed by atoms with Crippen LogP contribution in [0.1, 0.15) is 22.6 Å².